The van der Waals surface area contributed by atoms with Crippen molar-refractivity contribution in [2.24, 2.45) is 0 Å². The minimum Gasteiger partial charge on any atom is -0.0795 e. The van der Waals surface area contributed by atoms with E-state index in [2.05, 4.69) is 48.6 Å². The van der Waals surface area contributed by atoms with E-state index in [1.807, 2.05) is 0 Å². The second-order valence-electron chi connectivity index (χ2n) is 4.59. The summed E-state index contributed by atoms with van der Waals surface area (Å²) in [5.74, 6) is 0. The molecule has 2 aliphatic carbocycles. The minimum atomic E-state index is 1.08. The molecule has 0 saturated carbocycles. The third-order valence-electron chi connectivity index (χ3n) is 3.68. The van der Waals surface area contributed by atoms with E-state index in [1.54, 1.807) is 0 Å². The van der Waals surface area contributed by atoms with Gasteiger partial charge in [0, 0.05) is 0 Å². The molecule has 2 aromatic carbocycles. The number of allylic oxidation sites excluding steroid dienone is 4. The van der Waals surface area contributed by atoms with Gasteiger partial charge in [-0.1, -0.05) is 48.6 Å². The molecule has 0 heteroatoms. The fourth-order valence-corrected chi connectivity index (χ4v) is 2.95. The Balaban J connectivity index is 2.25. The van der Waals surface area contributed by atoms with Crippen LogP contribution in [-0.4, -0.2) is 0 Å². The van der Waals surface area contributed by atoms with Crippen molar-refractivity contribution in [3.63, 3.8) is 0 Å². The normalized spacial score (nSPS) is 16.4. The molecular weight excluding hydrogens is 192 g/mol. The van der Waals surface area contributed by atoms with Gasteiger partial charge in [0.2, 0.25) is 0 Å². The largest absolute Gasteiger partial charge is 0.0795 e. The van der Waals surface area contributed by atoms with E-state index in [0.717, 1.165) is 12.8 Å². The van der Waals surface area contributed by atoms with Crippen molar-refractivity contribution < 1.29 is 0 Å². The lowest BCUT2D eigenvalue weighted by atomic mass is 9.82. The lowest BCUT2D eigenvalue weighted by Gasteiger charge is -2.22. The molecule has 0 saturated heterocycles. The molecule has 0 heterocycles. The van der Waals surface area contributed by atoms with E-state index < -0.39 is 0 Å². The molecule has 16 heavy (non-hydrogen) atoms. The average Bonchev–Trinajstić information content (AvgIpc) is 2.36. The van der Waals surface area contributed by atoms with Gasteiger partial charge in [-0.2, -0.15) is 0 Å². The van der Waals surface area contributed by atoms with E-state index in [1.165, 1.54) is 33.0 Å². The zero-order valence-electron chi connectivity index (χ0n) is 9.03. The zero-order valence-corrected chi connectivity index (χ0v) is 9.03. The lowest BCUT2D eigenvalue weighted by Crippen LogP contribution is -2.04. The minimum absolute atomic E-state index is 1.08. The van der Waals surface area contributed by atoms with E-state index in [0.29, 0.717) is 0 Å². The second kappa shape index (κ2) is 2.85. The Hall–Kier alpha value is -1.82. The lowest BCUT2D eigenvalue weighted by molar-refractivity contribution is 1.20. The maximum atomic E-state index is 2.36. The van der Waals surface area contributed by atoms with E-state index in [4.69, 9.17) is 0 Å². The predicted octanol–water partition coefficient (Wildman–Crippen LogP) is 3.89. The van der Waals surface area contributed by atoms with Crippen LogP contribution in [0.1, 0.15) is 16.7 Å². The Morgan fingerprint density at radius 1 is 0.875 bits per heavy atom. The van der Waals surface area contributed by atoms with Gasteiger partial charge in [0.1, 0.15) is 0 Å². The summed E-state index contributed by atoms with van der Waals surface area (Å²) in [5, 5.41) is 2.87. The summed E-state index contributed by atoms with van der Waals surface area (Å²) < 4.78 is 0. The molecule has 4 rings (SSSR count). The standard InChI is InChI=1S/C16H12/c1-3-11-7-9-13-5-2-6-14-10-8-12(4-1)15(11)16(13)14/h1-5,8-10H,6-7H2. The molecule has 0 aliphatic heterocycles. The van der Waals surface area contributed by atoms with Gasteiger partial charge in [0.15, 0.2) is 0 Å². The smallest absolute Gasteiger partial charge is 0.00674 e. The Morgan fingerprint density at radius 2 is 1.88 bits per heavy atom. The molecule has 0 N–H and O–H groups in total. The van der Waals surface area contributed by atoms with Gasteiger partial charge < -0.3 is 0 Å². The van der Waals surface area contributed by atoms with Crippen LogP contribution >= 0.6 is 0 Å². The van der Waals surface area contributed by atoms with Gasteiger partial charge in [0.25, 0.3) is 0 Å². The van der Waals surface area contributed by atoms with Crippen LogP contribution in [0.25, 0.3) is 16.3 Å². The first-order chi connectivity index (χ1) is 7.93. The number of rotatable bonds is 0. The van der Waals surface area contributed by atoms with Gasteiger partial charge in [0.05, 0.1) is 0 Å². The monoisotopic (exact) mass is 204 g/mol. The van der Waals surface area contributed by atoms with Crippen LogP contribution in [0.4, 0.5) is 0 Å². The molecule has 0 spiro atoms. The predicted molar refractivity (Wildman–Crippen MR) is 68.5 cm³/mol. The summed E-state index contributed by atoms with van der Waals surface area (Å²) in [4.78, 5) is 0. The Bertz CT molecular complexity index is 657. The number of benzene rings is 2. The fraction of sp³-hybridized carbons (Fsp3) is 0.125. The van der Waals surface area contributed by atoms with Gasteiger partial charge in [-0.25, -0.2) is 0 Å². The Morgan fingerprint density at radius 3 is 2.88 bits per heavy atom. The molecule has 0 amide bonds. The molecule has 0 radical (unpaired) electrons. The van der Waals surface area contributed by atoms with Crippen LogP contribution in [-0.2, 0) is 12.8 Å². The Kier molecular flexibility index (Phi) is 1.49. The van der Waals surface area contributed by atoms with Gasteiger partial charge in [-0.3, -0.25) is 0 Å². The van der Waals surface area contributed by atoms with Crippen LogP contribution in [0.2, 0.25) is 0 Å². The molecule has 0 fully saturated rings. The topological polar surface area (TPSA) is 0 Å². The molecule has 2 aromatic rings. The highest BCUT2D eigenvalue weighted by molar-refractivity contribution is 6.02. The third-order valence-corrected chi connectivity index (χ3v) is 3.68. The van der Waals surface area contributed by atoms with Crippen molar-refractivity contribution >= 4 is 16.3 Å². The number of hydrogen-bond donors (Lipinski definition) is 0. The molecule has 0 unspecified atom stereocenters. The number of hydrogen-bond acceptors (Lipinski definition) is 0. The van der Waals surface area contributed by atoms with Crippen LogP contribution in [0.5, 0.6) is 0 Å². The highest BCUT2D eigenvalue weighted by Crippen LogP contribution is 2.38. The molecule has 2 aliphatic rings. The maximum absolute atomic E-state index is 2.36. The van der Waals surface area contributed by atoms with Crippen molar-refractivity contribution in [1.82, 2.24) is 0 Å². The Labute approximate surface area is 94.9 Å². The summed E-state index contributed by atoms with van der Waals surface area (Å²) >= 11 is 0. The average molecular weight is 204 g/mol. The molecule has 0 bridgehead atoms. The molecule has 0 atom stereocenters. The first-order valence-electron chi connectivity index (χ1n) is 5.84. The summed E-state index contributed by atoms with van der Waals surface area (Å²) in [6.45, 7) is 0. The molecule has 76 valence electrons. The van der Waals surface area contributed by atoms with Gasteiger partial charge >= 0.3 is 0 Å². The van der Waals surface area contributed by atoms with Gasteiger partial charge in [-0.15, -0.1) is 0 Å². The van der Waals surface area contributed by atoms with Crippen LogP contribution in [0, 0.1) is 0 Å². The van der Waals surface area contributed by atoms with Gasteiger partial charge in [-0.05, 0) is 45.9 Å². The summed E-state index contributed by atoms with van der Waals surface area (Å²) in [7, 11) is 0. The molecular formula is C16H12. The van der Waals surface area contributed by atoms with Crippen molar-refractivity contribution in [2.75, 3.05) is 0 Å². The van der Waals surface area contributed by atoms with Crippen LogP contribution in [0.15, 0.2) is 48.6 Å². The maximum Gasteiger partial charge on any atom is -0.00674 e. The first kappa shape index (κ1) is 8.35. The first-order valence-corrected chi connectivity index (χ1v) is 5.84. The van der Waals surface area contributed by atoms with Crippen LogP contribution in [0.3, 0.4) is 0 Å². The molecule has 0 aromatic heterocycles. The SMILES string of the molecule is C1=CC2=CCc3cccc4ccc(c2c34)C1. The summed E-state index contributed by atoms with van der Waals surface area (Å²) in [6.07, 6.45) is 9.06. The quantitative estimate of drug-likeness (QED) is 0.610. The van der Waals surface area contributed by atoms with E-state index >= 15 is 0 Å². The zero-order chi connectivity index (χ0) is 10.5. The summed E-state index contributed by atoms with van der Waals surface area (Å²) in [6, 6.07) is 11.2. The van der Waals surface area contributed by atoms with E-state index in [9.17, 15) is 0 Å². The fourth-order valence-electron chi connectivity index (χ4n) is 2.95. The highest BCUT2D eigenvalue weighted by Gasteiger charge is 2.18. The van der Waals surface area contributed by atoms with E-state index in [-0.39, 0.29) is 0 Å². The summed E-state index contributed by atoms with van der Waals surface area (Å²) in [5.41, 5.74) is 5.87. The van der Waals surface area contributed by atoms with Crippen molar-refractivity contribution in [3.8, 4) is 0 Å². The third kappa shape index (κ3) is 0.943. The second-order valence-corrected chi connectivity index (χ2v) is 4.59. The van der Waals surface area contributed by atoms with Crippen molar-refractivity contribution in [2.45, 2.75) is 12.8 Å². The van der Waals surface area contributed by atoms with Crippen molar-refractivity contribution in [1.29, 1.82) is 0 Å². The molecule has 0 nitrogen and oxygen atoms in total. The van der Waals surface area contributed by atoms with Crippen molar-refractivity contribution in [3.05, 3.63) is 65.3 Å². The highest BCUT2D eigenvalue weighted by atomic mass is 14.2. The van der Waals surface area contributed by atoms with Crippen LogP contribution < -0.4 is 0 Å².